The van der Waals surface area contributed by atoms with Crippen LogP contribution in [-0.2, 0) is 6.54 Å². The number of ether oxygens (including phenoxy) is 1. The zero-order valence-electron chi connectivity index (χ0n) is 18.0. The van der Waals surface area contributed by atoms with Gasteiger partial charge in [0.25, 0.3) is 5.91 Å². The van der Waals surface area contributed by atoms with Gasteiger partial charge in [0.15, 0.2) is 0 Å². The summed E-state index contributed by atoms with van der Waals surface area (Å²) in [6, 6.07) is 7.67. The molecule has 2 saturated heterocycles. The largest absolute Gasteiger partial charge is 0.497 e. The molecule has 1 N–H and O–H groups in total. The molecule has 3 amide bonds. The lowest BCUT2D eigenvalue weighted by Crippen LogP contribution is -2.43. The van der Waals surface area contributed by atoms with Gasteiger partial charge in [-0.05, 0) is 49.8 Å². The van der Waals surface area contributed by atoms with Gasteiger partial charge in [-0.25, -0.2) is 9.78 Å². The average Bonchev–Trinajstić information content (AvgIpc) is 3.33. The van der Waals surface area contributed by atoms with E-state index in [2.05, 4.69) is 10.3 Å². The van der Waals surface area contributed by atoms with Crippen molar-refractivity contribution in [2.24, 2.45) is 0 Å². The molecule has 2 aliphatic heterocycles. The van der Waals surface area contributed by atoms with Gasteiger partial charge in [-0.1, -0.05) is 12.1 Å². The third-order valence-corrected chi connectivity index (χ3v) is 7.13. The van der Waals surface area contributed by atoms with E-state index in [1.807, 2.05) is 39.4 Å². The van der Waals surface area contributed by atoms with Crippen LogP contribution >= 0.6 is 11.3 Å². The van der Waals surface area contributed by atoms with Gasteiger partial charge in [-0.3, -0.25) is 4.79 Å². The van der Waals surface area contributed by atoms with Crippen molar-refractivity contribution in [1.29, 1.82) is 0 Å². The fraction of sp³-hybridized carbons (Fsp3) is 0.522. The summed E-state index contributed by atoms with van der Waals surface area (Å²) in [5.74, 6) is 1.19. The number of carbonyl (C=O) groups excluding carboxylic acids is 2. The van der Waals surface area contributed by atoms with E-state index in [0.717, 1.165) is 55.1 Å². The number of benzene rings is 1. The predicted molar refractivity (Wildman–Crippen MR) is 121 cm³/mol. The Hall–Kier alpha value is -2.61. The molecule has 166 valence electrons. The number of urea groups is 1. The van der Waals surface area contributed by atoms with Gasteiger partial charge < -0.3 is 19.9 Å². The number of piperidine rings is 2. The lowest BCUT2D eigenvalue weighted by Gasteiger charge is -2.31. The van der Waals surface area contributed by atoms with Crippen molar-refractivity contribution in [1.82, 2.24) is 20.1 Å². The molecule has 2 aliphatic rings. The Kier molecular flexibility index (Phi) is 7.06. The first-order valence-corrected chi connectivity index (χ1v) is 11.9. The highest BCUT2D eigenvalue weighted by Gasteiger charge is 2.27. The number of hydrogen-bond donors (Lipinski definition) is 1. The number of aromatic nitrogens is 1. The molecule has 7 nitrogen and oxygen atoms in total. The molecule has 0 radical (unpaired) electrons. The van der Waals surface area contributed by atoms with E-state index in [0.29, 0.717) is 31.2 Å². The average molecular weight is 443 g/mol. The number of nitrogens with one attached hydrogen (secondary N) is 1. The maximum atomic E-state index is 12.7. The molecular formula is C23H30N4O3S. The Bertz CT molecular complexity index is 884. The monoisotopic (exact) mass is 442 g/mol. The second-order valence-electron chi connectivity index (χ2n) is 8.19. The van der Waals surface area contributed by atoms with Crippen LogP contribution in [0, 0.1) is 0 Å². The summed E-state index contributed by atoms with van der Waals surface area (Å²) in [6.07, 6.45) is 5.13. The van der Waals surface area contributed by atoms with Crippen molar-refractivity contribution in [3.8, 4) is 5.75 Å². The van der Waals surface area contributed by atoms with Crippen LogP contribution in [0.5, 0.6) is 5.75 Å². The van der Waals surface area contributed by atoms with Crippen molar-refractivity contribution in [3.05, 3.63) is 45.9 Å². The van der Waals surface area contributed by atoms with E-state index in [1.54, 1.807) is 18.4 Å². The number of carbonyl (C=O) groups is 2. The quantitative estimate of drug-likeness (QED) is 0.763. The van der Waals surface area contributed by atoms with Crippen LogP contribution < -0.4 is 10.1 Å². The minimum Gasteiger partial charge on any atom is -0.497 e. The topological polar surface area (TPSA) is 74.8 Å². The van der Waals surface area contributed by atoms with Gasteiger partial charge in [0.1, 0.15) is 11.4 Å². The summed E-state index contributed by atoms with van der Waals surface area (Å²) < 4.78 is 5.16. The Balaban J connectivity index is 1.25. The molecule has 0 unspecified atom stereocenters. The summed E-state index contributed by atoms with van der Waals surface area (Å²) in [5, 5.41) is 5.93. The summed E-state index contributed by atoms with van der Waals surface area (Å²) in [4.78, 5) is 33.7. The van der Waals surface area contributed by atoms with E-state index in [-0.39, 0.29) is 11.9 Å². The smallest absolute Gasteiger partial charge is 0.317 e. The fourth-order valence-corrected chi connectivity index (χ4v) is 5.16. The van der Waals surface area contributed by atoms with Crippen LogP contribution in [0.15, 0.2) is 29.6 Å². The van der Waals surface area contributed by atoms with E-state index < -0.39 is 0 Å². The van der Waals surface area contributed by atoms with Crippen molar-refractivity contribution in [2.45, 2.75) is 44.6 Å². The zero-order valence-corrected chi connectivity index (χ0v) is 18.8. The van der Waals surface area contributed by atoms with E-state index >= 15 is 0 Å². The highest BCUT2D eigenvalue weighted by atomic mass is 32.1. The number of nitrogens with zero attached hydrogens (tertiary/aromatic N) is 3. The van der Waals surface area contributed by atoms with Crippen molar-refractivity contribution in [3.63, 3.8) is 0 Å². The molecule has 0 bridgehead atoms. The van der Waals surface area contributed by atoms with Crippen LogP contribution in [0.3, 0.4) is 0 Å². The molecule has 0 spiro atoms. The van der Waals surface area contributed by atoms with E-state index in [1.165, 1.54) is 6.42 Å². The second kappa shape index (κ2) is 10.1. The normalized spacial score (nSPS) is 17.5. The molecule has 31 heavy (non-hydrogen) atoms. The Morgan fingerprint density at radius 2 is 1.77 bits per heavy atom. The van der Waals surface area contributed by atoms with Crippen molar-refractivity contribution in [2.75, 3.05) is 33.3 Å². The van der Waals surface area contributed by atoms with Crippen LogP contribution in [0.25, 0.3) is 0 Å². The standard InChI is InChI=1S/C23H30N4O3S/c1-30-19-7-5-17(6-8-19)15-24-23(29)27-13-9-18(10-14-27)21-25-20(16-31-21)22(28)26-11-3-2-4-12-26/h5-8,16,18H,2-4,9-15H2,1H3,(H,24,29). The maximum Gasteiger partial charge on any atom is 0.317 e. The van der Waals surface area contributed by atoms with Gasteiger partial charge in [-0.15, -0.1) is 11.3 Å². The summed E-state index contributed by atoms with van der Waals surface area (Å²) in [6.45, 7) is 3.59. The minimum absolute atomic E-state index is 0.0330. The third kappa shape index (κ3) is 5.36. The fourth-order valence-electron chi connectivity index (χ4n) is 4.19. The first kappa shape index (κ1) is 21.6. The number of likely N-dealkylation sites (tertiary alicyclic amines) is 2. The predicted octanol–water partition coefficient (Wildman–Crippen LogP) is 3.87. The summed E-state index contributed by atoms with van der Waals surface area (Å²) in [7, 11) is 1.64. The molecule has 1 aromatic heterocycles. The van der Waals surface area contributed by atoms with Crippen LogP contribution in [0.1, 0.15) is 59.1 Å². The third-order valence-electron chi connectivity index (χ3n) is 6.12. The van der Waals surface area contributed by atoms with Crippen molar-refractivity contribution >= 4 is 23.3 Å². The Morgan fingerprint density at radius 1 is 1.06 bits per heavy atom. The first-order chi connectivity index (χ1) is 15.1. The van der Waals surface area contributed by atoms with Gasteiger partial charge >= 0.3 is 6.03 Å². The highest BCUT2D eigenvalue weighted by molar-refractivity contribution is 7.09. The maximum absolute atomic E-state index is 12.7. The number of thiazole rings is 1. The van der Waals surface area contributed by atoms with E-state index in [4.69, 9.17) is 4.74 Å². The second-order valence-corrected chi connectivity index (χ2v) is 9.08. The molecule has 4 rings (SSSR count). The van der Waals surface area contributed by atoms with Crippen LogP contribution in [-0.4, -0.2) is 60.0 Å². The number of methoxy groups -OCH3 is 1. The Morgan fingerprint density at radius 3 is 2.45 bits per heavy atom. The van der Waals surface area contributed by atoms with Crippen LogP contribution in [0.4, 0.5) is 4.79 Å². The van der Waals surface area contributed by atoms with E-state index in [9.17, 15) is 9.59 Å². The molecular weight excluding hydrogens is 412 g/mol. The molecule has 8 heteroatoms. The Labute approximate surface area is 187 Å². The summed E-state index contributed by atoms with van der Waals surface area (Å²) in [5.41, 5.74) is 1.62. The molecule has 0 saturated carbocycles. The molecule has 3 heterocycles. The lowest BCUT2D eigenvalue weighted by molar-refractivity contribution is 0.0719. The molecule has 1 aromatic carbocycles. The van der Waals surface area contributed by atoms with Gasteiger partial charge in [0.2, 0.25) is 0 Å². The van der Waals surface area contributed by atoms with Gasteiger partial charge in [0, 0.05) is 44.0 Å². The zero-order chi connectivity index (χ0) is 21.6. The number of hydrogen-bond acceptors (Lipinski definition) is 5. The number of amides is 3. The van der Waals surface area contributed by atoms with Gasteiger partial charge in [-0.2, -0.15) is 0 Å². The summed E-state index contributed by atoms with van der Waals surface area (Å²) >= 11 is 1.58. The SMILES string of the molecule is COc1ccc(CNC(=O)N2CCC(c3nc(C(=O)N4CCCCC4)cs3)CC2)cc1. The number of rotatable bonds is 5. The molecule has 0 atom stereocenters. The van der Waals surface area contributed by atoms with Crippen molar-refractivity contribution < 1.29 is 14.3 Å². The molecule has 0 aliphatic carbocycles. The minimum atomic E-state index is -0.0330. The van der Waals surface area contributed by atoms with Gasteiger partial charge in [0.05, 0.1) is 12.1 Å². The molecule has 2 aromatic rings. The van der Waals surface area contributed by atoms with Crippen LogP contribution in [0.2, 0.25) is 0 Å². The first-order valence-electron chi connectivity index (χ1n) is 11.0. The highest BCUT2D eigenvalue weighted by Crippen LogP contribution is 2.31. The lowest BCUT2D eigenvalue weighted by atomic mass is 9.98. The molecule has 2 fully saturated rings.